The summed E-state index contributed by atoms with van der Waals surface area (Å²) in [5, 5.41) is 12.1. The van der Waals surface area contributed by atoms with Crippen LogP contribution in [-0.2, 0) is 15.0 Å². The molecule has 0 radical (unpaired) electrons. The predicted octanol–water partition coefficient (Wildman–Crippen LogP) is 2.73. The van der Waals surface area contributed by atoms with Gasteiger partial charge in [-0.1, -0.05) is 18.2 Å². The highest BCUT2D eigenvalue weighted by Crippen LogP contribution is 2.32. The topological polar surface area (TPSA) is 75.6 Å². The first-order chi connectivity index (χ1) is 10.9. The molecular weight excluding hydrogens is 294 g/mol. The van der Waals surface area contributed by atoms with Crippen molar-refractivity contribution in [2.75, 3.05) is 7.11 Å². The Morgan fingerprint density at radius 3 is 2.35 bits per heavy atom. The van der Waals surface area contributed by atoms with Crippen LogP contribution in [0, 0.1) is 5.92 Å². The van der Waals surface area contributed by atoms with E-state index in [1.807, 2.05) is 38.1 Å². The maximum absolute atomic E-state index is 12.7. The fraction of sp³-hybridized carbons (Fsp3) is 0.556. The lowest BCUT2D eigenvalue weighted by atomic mass is 9.81. The third-order valence-corrected chi connectivity index (χ3v) is 4.76. The standard InChI is InChI=1S/C18H25NO4/c1-18(2,14-6-4-5-7-15(14)23-3)17(22)19-13-10-8-12(9-11-13)16(20)21/h4-7,12-13H,8-11H2,1-3H3,(H,19,22)(H,20,21). The molecule has 126 valence electrons. The van der Waals surface area contributed by atoms with Crippen LogP contribution < -0.4 is 10.1 Å². The summed E-state index contributed by atoms with van der Waals surface area (Å²) in [4.78, 5) is 23.7. The molecule has 1 aromatic rings. The number of carboxylic acids is 1. The summed E-state index contributed by atoms with van der Waals surface area (Å²) in [6.45, 7) is 3.76. The number of hydrogen-bond acceptors (Lipinski definition) is 3. The van der Waals surface area contributed by atoms with E-state index in [4.69, 9.17) is 9.84 Å². The van der Waals surface area contributed by atoms with E-state index in [0.717, 1.165) is 5.56 Å². The molecule has 1 aliphatic rings. The molecule has 0 saturated heterocycles. The van der Waals surface area contributed by atoms with Gasteiger partial charge in [0, 0.05) is 11.6 Å². The summed E-state index contributed by atoms with van der Waals surface area (Å²) < 4.78 is 5.37. The number of ether oxygens (including phenoxy) is 1. The molecule has 1 saturated carbocycles. The lowest BCUT2D eigenvalue weighted by molar-refractivity contribution is -0.142. The molecular formula is C18H25NO4. The first-order valence-electron chi connectivity index (χ1n) is 8.03. The van der Waals surface area contributed by atoms with Gasteiger partial charge < -0.3 is 15.2 Å². The van der Waals surface area contributed by atoms with E-state index in [1.54, 1.807) is 7.11 Å². The minimum atomic E-state index is -0.732. The van der Waals surface area contributed by atoms with Crippen molar-refractivity contribution < 1.29 is 19.4 Å². The number of para-hydroxylation sites is 1. The molecule has 0 heterocycles. The molecule has 0 aromatic heterocycles. The Kier molecular flexibility index (Phi) is 5.29. The van der Waals surface area contributed by atoms with Gasteiger partial charge in [-0.25, -0.2) is 0 Å². The molecule has 0 aliphatic heterocycles. The molecule has 0 spiro atoms. The van der Waals surface area contributed by atoms with Crippen molar-refractivity contribution in [2.45, 2.75) is 51.0 Å². The number of aliphatic carboxylic acids is 1. The van der Waals surface area contributed by atoms with Crippen LogP contribution in [-0.4, -0.2) is 30.1 Å². The van der Waals surface area contributed by atoms with Crippen molar-refractivity contribution in [3.8, 4) is 5.75 Å². The maximum Gasteiger partial charge on any atom is 0.306 e. The molecule has 0 bridgehead atoms. The Labute approximate surface area is 137 Å². The third kappa shape index (κ3) is 3.84. The van der Waals surface area contributed by atoms with Gasteiger partial charge in [0.1, 0.15) is 5.75 Å². The monoisotopic (exact) mass is 319 g/mol. The van der Waals surface area contributed by atoms with Gasteiger partial charge in [-0.15, -0.1) is 0 Å². The molecule has 1 fully saturated rings. The quantitative estimate of drug-likeness (QED) is 0.875. The lowest BCUT2D eigenvalue weighted by Crippen LogP contribution is -2.46. The molecule has 1 aliphatic carbocycles. The van der Waals surface area contributed by atoms with E-state index < -0.39 is 11.4 Å². The fourth-order valence-electron chi connectivity index (χ4n) is 3.13. The van der Waals surface area contributed by atoms with Crippen molar-refractivity contribution in [3.63, 3.8) is 0 Å². The molecule has 0 unspecified atom stereocenters. The lowest BCUT2D eigenvalue weighted by Gasteiger charge is -2.31. The zero-order valence-corrected chi connectivity index (χ0v) is 14.0. The van der Waals surface area contributed by atoms with Gasteiger partial charge in [0.25, 0.3) is 0 Å². The number of rotatable bonds is 5. The largest absolute Gasteiger partial charge is 0.496 e. The first kappa shape index (κ1) is 17.3. The SMILES string of the molecule is COc1ccccc1C(C)(C)C(=O)NC1CCC(C(=O)O)CC1. The third-order valence-electron chi connectivity index (χ3n) is 4.76. The maximum atomic E-state index is 12.7. The summed E-state index contributed by atoms with van der Waals surface area (Å²) in [6, 6.07) is 7.57. The molecule has 1 amide bonds. The summed E-state index contributed by atoms with van der Waals surface area (Å²) >= 11 is 0. The van der Waals surface area contributed by atoms with Gasteiger partial charge in [0.15, 0.2) is 0 Å². The van der Waals surface area contributed by atoms with Crippen LogP contribution in [0.15, 0.2) is 24.3 Å². The average Bonchev–Trinajstić information content (AvgIpc) is 2.55. The van der Waals surface area contributed by atoms with Crippen LogP contribution in [0.5, 0.6) is 5.75 Å². The van der Waals surface area contributed by atoms with E-state index in [2.05, 4.69) is 5.32 Å². The Morgan fingerprint density at radius 1 is 1.17 bits per heavy atom. The van der Waals surface area contributed by atoms with Gasteiger partial charge in [-0.3, -0.25) is 9.59 Å². The molecule has 2 N–H and O–H groups in total. The number of carbonyl (C=O) groups is 2. The van der Waals surface area contributed by atoms with Crippen molar-refractivity contribution in [1.29, 1.82) is 0 Å². The molecule has 5 heteroatoms. The zero-order chi connectivity index (χ0) is 17.0. The Bertz CT molecular complexity index is 574. The van der Waals surface area contributed by atoms with Gasteiger partial charge in [0.05, 0.1) is 18.4 Å². The second-order valence-corrected chi connectivity index (χ2v) is 6.69. The van der Waals surface area contributed by atoms with Gasteiger partial charge in [-0.05, 0) is 45.6 Å². The Morgan fingerprint density at radius 2 is 1.78 bits per heavy atom. The smallest absolute Gasteiger partial charge is 0.306 e. The fourth-order valence-corrected chi connectivity index (χ4v) is 3.13. The highest BCUT2D eigenvalue weighted by atomic mass is 16.5. The minimum absolute atomic E-state index is 0.0482. The summed E-state index contributed by atoms with van der Waals surface area (Å²) in [7, 11) is 1.60. The minimum Gasteiger partial charge on any atom is -0.496 e. The number of carbonyl (C=O) groups excluding carboxylic acids is 1. The van der Waals surface area contributed by atoms with Crippen LogP contribution in [0.3, 0.4) is 0 Å². The zero-order valence-electron chi connectivity index (χ0n) is 14.0. The van der Waals surface area contributed by atoms with Crippen LogP contribution in [0.25, 0.3) is 0 Å². The summed E-state index contributed by atoms with van der Waals surface area (Å²) in [5.41, 5.74) is 0.134. The van der Waals surface area contributed by atoms with Crippen molar-refractivity contribution in [1.82, 2.24) is 5.32 Å². The predicted molar refractivity (Wildman–Crippen MR) is 87.5 cm³/mol. The number of amides is 1. The van der Waals surface area contributed by atoms with Gasteiger partial charge >= 0.3 is 5.97 Å². The van der Waals surface area contributed by atoms with Crippen molar-refractivity contribution in [2.24, 2.45) is 5.92 Å². The first-order valence-corrected chi connectivity index (χ1v) is 8.03. The molecule has 2 rings (SSSR count). The molecule has 23 heavy (non-hydrogen) atoms. The highest BCUT2D eigenvalue weighted by Gasteiger charge is 2.35. The number of benzene rings is 1. The second-order valence-electron chi connectivity index (χ2n) is 6.69. The molecule has 5 nitrogen and oxygen atoms in total. The van der Waals surface area contributed by atoms with Crippen molar-refractivity contribution >= 4 is 11.9 Å². The number of nitrogens with one attached hydrogen (secondary N) is 1. The van der Waals surface area contributed by atoms with E-state index in [-0.39, 0.29) is 17.9 Å². The molecule has 1 aromatic carbocycles. The van der Waals surface area contributed by atoms with E-state index in [1.165, 1.54) is 0 Å². The second kappa shape index (κ2) is 7.02. The summed E-state index contributed by atoms with van der Waals surface area (Å²) in [6.07, 6.45) is 2.67. The Hall–Kier alpha value is -2.04. The normalized spacial score (nSPS) is 21.5. The van der Waals surface area contributed by atoms with Crippen LogP contribution in [0.2, 0.25) is 0 Å². The summed E-state index contributed by atoms with van der Waals surface area (Å²) in [5.74, 6) is -0.363. The highest BCUT2D eigenvalue weighted by molar-refractivity contribution is 5.88. The Balaban J connectivity index is 2.04. The van der Waals surface area contributed by atoms with E-state index >= 15 is 0 Å². The van der Waals surface area contributed by atoms with E-state index in [9.17, 15) is 9.59 Å². The van der Waals surface area contributed by atoms with Crippen LogP contribution in [0.1, 0.15) is 45.1 Å². The van der Waals surface area contributed by atoms with Gasteiger partial charge in [-0.2, -0.15) is 0 Å². The van der Waals surface area contributed by atoms with Gasteiger partial charge in [0.2, 0.25) is 5.91 Å². The van der Waals surface area contributed by atoms with Crippen LogP contribution in [0.4, 0.5) is 0 Å². The number of carboxylic acid groups (broad SMARTS) is 1. The van der Waals surface area contributed by atoms with Crippen LogP contribution >= 0.6 is 0 Å². The average molecular weight is 319 g/mol. The number of hydrogen-bond donors (Lipinski definition) is 2. The van der Waals surface area contributed by atoms with Crippen molar-refractivity contribution in [3.05, 3.63) is 29.8 Å². The molecule has 0 atom stereocenters. The van der Waals surface area contributed by atoms with E-state index in [0.29, 0.717) is 31.4 Å². The number of methoxy groups -OCH3 is 1.